The van der Waals surface area contributed by atoms with E-state index in [4.69, 9.17) is 11.6 Å². The first kappa shape index (κ1) is 14.8. The number of pyridine rings is 1. The number of hydrogen-bond donors (Lipinski definition) is 1. The summed E-state index contributed by atoms with van der Waals surface area (Å²) in [6.45, 7) is 3.69. The van der Waals surface area contributed by atoms with Crippen LogP contribution in [0.1, 0.15) is 16.7 Å². The molecular formula is C16H20ClN3. The molecule has 1 aromatic carbocycles. The fraction of sp³-hybridized carbons (Fsp3) is 0.312. The van der Waals surface area contributed by atoms with Crippen LogP contribution in [0.4, 0.5) is 5.82 Å². The lowest BCUT2D eigenvalue weighted by molar-refractivity contribution is 0.810. The first-order chi connectivity index (χ1) is 9.61. The Morgan fingerprint density at radius 1 is 1.30 bits per heavy atom. The van der Waals surface area contributed by atoms with E-state index in [2.05, 4.69) is 46.4 Å². The van der Waals surface area contributed by atoms with Gasteiger partial charge in [-0.2, -0.15) is 0 Å². The normalized spacial score (nSPS) is 10.6. The van der Waals surface area contributed by atoms with Crippen LogP contribution in [-0.4, -0.2) is 19.1 Å². The highest BCUT2D eigenvalue weighted by Gasteiger charge is 2.10. The van der Waals surface area contributed by atoms with E-state index in [9.17, 15) is 0 Å². The Hall–Kier alpha value is -1.58. The number of nitrogens with one attached hydrogen (secondary N) is 1. The molecule has 106 valence electrons. The van der Waals surface area contributed by atoms with Crippen molar-refractivity contribution in [3.8, 4) is 0 Å². The van der Waals surface area contributed by atoms with Gasteiger partial charge in [0, 0.05) is 26.3 Å². The highest BCUT2D eigenvalue weighted by Crippen LogP contribution is 2.25. The van der Waals surface area contributed by atoms with Crippen molar-refractivity contribution in [3.05, 3.63) is 58.2 Å². The van der Waals surface area contributed by atoms with Gasteiger partial charge in [0.1, 0.15) is 5.82 Å². The largest absolute Gasteiger partial charge is 0.354 e. The molecule has 0 saturated carbocycles. The predicted octanol–water partition coefficient (Wildman–Crippen LogP) is 3.40. The number of hydrogen-bond acceptors (Lipinski definition) is 3. The van der Waals surface area contributed by atoms with Gasteiger partial charge in [-0.15, -0.1) is 0 Å². The molecule has 2 aromatic rings. The number of benzene rings is 1. The van der Waals surface area contributed by atoms with Gasteiger partial charge in [-0.1, -0.05) is 35.9 Å². The number of rotatable bonds is 5. The van der Waals surface area contributed by atoms with Crippen molar-refractivity contribution in [2.24, 2.45) is 0 Å². The lowest BCUT2D eigenvalue weighted by Gasteiger charge is -2.21. The zero-order valence-electron chi connectivity index (χ0n) is 12.2. The van der Waals surface area contributed by atoms with Gasteiger partial charge in [-0.25, -0.2) is 4.98 Å². The minimum Gasteiger partial charge on any atom is -0.354 e. The Bertz CT molecular complexity index is 584. The second-order valence-corrected chi connectivity index (χ2v) is 5.37. The van der Waals surface area contributed by atoms with Gasteiger partial charge in [0.25, 0.3) is 0 Å². The molecule has 1 aromatic heterocycles. The zero-order valence-corrected chi connectivity index (χ0v) is 12.9. The third-order valence-electron chi connectivity index (χ3n) is 3.29. The van der Waals surface area contributed by atoms with Crippen molar-refractivity contribution in [2.45, 2.75) is 20.0 Å². The van der Waals surface area contributed by atoms with Crippen molar-refractivity contribution in [1.82, 2.24) is 10.3 Å². The van der Waals surface area contributed by atoms with Crippen LogP contribution >= 0.6 is 11.6 Å². The molecule has 0 aliphatic rings. The molecule has 0 fully saturated rings. The SMILES string of the molecule is CNCc1cnc(N(C)Cc2ccccc2C)c(Cl)c1. The van der Waals surface area contributed by atoms with E-state index in [0.717, 1.165) is 24.5 Å². The smallest absolute Gasteiger partial charge is 0.147 e. The van der Waals surface area contributed by atoms with E-state index in [1.165, 1.54) is 11.1 Å². The van der Waals surface area contributed by atoms with E-state index >= 15 is 0 Å². The van der Waals surface area contributed by atoms with Crippen molar-refractivity contribution < 1.29 is 0 Å². The molecule has 4 heteroatoms. The third kappa shape index (κ3) is 3.50. The summed E-state index contributed by atoms with van der Waals surface area (Å²) in [7, 11) is 3.92. The Kier molecular flexibility index (Phi) is 4.99. The summed E-state index contributed by atoms with van der Waals surface area (Å²) in [6.07, 6.45) is 1.87. The molecule has 1 heterocycles. The molecule has 1 N–H and O–H groups in total. The Balaban J connectivity index is 2.17. The number of nitrogens with zero attached hydrogens (tertiary/aromatic N) is 2. The predicted molar refractivity (Wildman–Crippen MR) is 85.3 cm³/mol. The highest BCUT2D eigenvalue weighted by atomic mass is 35.5. The first-order valence-corrected chi connectivity index (χ1v) is 7.04. The maximum Gasteiger partial charge on any atom is 0.147 e. The summed E-state index contributed by atoms with van der Waals surface area (Å²) in [5.41, 5.74) is 3.65. The van der Waals surface area contributed by atoms with Crippen LogP contribution in [0.2, 0.25) is 5.02 Å². The van der Waals surface area contributed by atoms with Crippen LogP contribution in [0.15, 0.2) is 36.5 Å². The monoisotopic (exact) mass is 289 g/mol. The molecular weight excluding hydrogens is 270 g/mol. The van der Waals surface area contributed by atoms with Crippen LogP contribution in [0.5, 0.6) is 0 Å². The van der Waals surface area contributed by atoms with Crippen LogP contribution in [-0.2, 0) is 13.1 Å². The molecule has 0 saturated heterocycles. The number of halogens is 1. The minimum absolute atomic E-state index is 0.689. The fourth-order valence-electron chi connectivity index (χ4n) is 2.17. The van der Waals surface area contributed by atoms with Gasteiger partial charge < -0.3 is 10.2 Å². The summed E-state index contributed by atoms with van der Waals surface area (Å²) < 4.78 is 0. The van der Waals surface area contributed by atoms with Gasteiger partial charge in [-0.3, -0.25) is 0 Å². The van der Waals surface area contributed by atoms with E-state index < -0.39 is 0 Å². The van der Waals surface area contributed by atoms with E-state index in [1.807, 2.05) is 26.4 Å². The molecule has 3 nitrogen and oxygen atoms in total. The maximum atomic E-state index is 6.33. The van der Waals surface area contributed by atoms with Gasteiger partial charge in [0.15, 0.2) is 0 Å². The van der Waals surface area contributed by atoms with Crippen molar-refractivity contribution in [2.75, 3.05) is 19.0 Å². The standard InChI is InChI=1S/C16H20ClN3/c1-12-6-4-5-7-14(12)11-20(3)16-15(17)8-13(9-18-2)10-19-16/h4-8,10,18H,9,11H2,1-3H3. The van der Waals surface area contributed by atoms with Crippen LogP contribution in [0.25, 0.3) is 0 Å². The summed E-state index contributed by atoms with van der Waals surface area (Å²) in [5.74, 6) is 0.815. The Morgan fingerprint density at radius 3 is 2.70 bits per heavy atom. The molecule has 0 atom stereocenters. The summed E-state index contributed by atoms with van der Waals surface area (Å²) in [5, 5.41) is 3.78. The zero-order chi connectivity index (χ0) is 14.5. The van der Waals surface area contributed by atoms with Crippen molar-refractivity contribution in [3.63, 3.8) is 0 Å². The summed E-state index contributed by atoms with van der Waals surface area (Å²) in [4.78, 5) is 6.55. The lowest BCUT2D eigenvalue weighted by atomic mass is 10.1. The molecule has 0 radical (unpaired) electrons. The second-order valence-electron chi connectivity index (χ2n) is 4.96. The number of anilines is 1. The second kappa shape index (κ2) is 6.73. The molecule has 2 rings (SSSR count). The van der Waals surface area contributed by atoms with E-state index in [-0.39, 0.29) is 0 Å². The molecule has 0 bridgehead atoms. The van der Waals surface area contributed by atoms with Crippen LogP contribution < -0.4 is 10.2 Å². The molecule has 0 spiro atoms. The molecule has 20 heavy (non-hydrogen) atoms. The Labute approximate surface area is 125 Å². The first-order valence-electron chi connectivity index (χ1n) is 6.66. The maximum absolute atomic E-state index is 6.33. The van der Waals surface area contributed by atoms with Gasteiger partial charge >= 0.3 is 0 Å². The van der Waals surface area contributed by atoms with E-state index in [1.54, 1.807) is 0 Å². The minimum atomic E-state index is 0.689. The van der Waals surface area contributed by atoms with Crippen molar-refractivity contribution in [1.29, 1.82) is 0 Å². The third-order valence-corrected chi connectivity index (χ3v) is 3.57. The molecule has 0 aliphatic carbocycles. The van der Waals surface area contributed by atoms with Gasteiger partial charge in [-0.05, 0) is 36.7 Å². The quantitative estimate of drug-likeness (QED) is 0.914. The van der Waals surface area contributed by atoms with Gasteiger partial charge in [0.05, 0.1) is 5.02 Å². The topological polar surface area (TPSA) is 28.2 Å². The summed E-state index contributed by atoms with van der Waals surface area (Å²) in [6, 6.07) is 10.3. The summed E-state index contributed by atoms with van der Waals surface area (Å²) >= 11 is 6.33. The fourth-order valence-corrected chi connectivity index (χ4v) is 2.50. The number of aromatic nitrogens is 1. The molecule has 0 unspecified atom stereocenters. The van der Waals surface area contributed by atoms with Crippen LogP contribution in [0.3, 0.4) is 0 Å². The number of aryl methyl sites for hydroxylation is 1. The molecule has 0 amide bonds. The van der Waals surface area contributed by atoms with Gasteiger partial charge in [0.2, 0.25) is 0 Å². The average Bonchev–Trinajstić information content (AvgIpc) is 2.42. The highest BCUT2D eigenvalue weighted by molar-refractivity contribution is 6.33. The molecule has 0 aliphatic heterocycles. The van der Waals surface area contributed by atoms with Crippen molar-refractivity contribution >= 4 is 17.4 Å². The Morgan fingerprint density at radius 2 is 2.05 bits per heavy atom. The van der Waals surface area contributed by atoms with Crippen LogP contribution in [0, 0.1) is 6.92 Å². The lowest BCUT2D eigenvalue weighted by Crippen LogP contribution is -2.19. The van der Waals surface area contributed by atoms with E-state index in [0.29, 0.717) is 5.02 Å². The average molecular weight is 290 g/mol.